The summed E-state index contributed by atoms with van der Waals surface area (Å²) in [5.41, 5.74) is 12.8. The number of aromatic nitrogens is 2. The van der Waals surface area contributed by atoms with Crippen LogP contribution in [0.3, 0.4) is 0 Å². The van der Waals surface area contributed by atoms with Gasteiger partial charge in [0.25, 0.3) is 5.91 Å². The molecule has 1 aliphatic heterocycles. The molecular formula is C22H20F3N5O2. The predicted octanol–water partition coefficient (Wildman–Crippen LogP) is 3.64. The lowest BCUT2D eigenvalue weighted by atomic mass is 10.1. The Hall–Kier alpha value is -3.66. The smallest absolute Gasteiger partial charge is 0.416 e. The van der Waals surface area contributed by atoms with Crippen molar-refractivity contribution in [2.75, 3.05) is 18.1 Å². The summed E-state index contributed by atoms with van der Waals surface area (Å²) in [4.78, 5) is 22.1. The van der Waals surface area contributed by atoms with Crippen LogP contribution in [0.5, 0.6) is 5.75 Å². The molecule has 2 aromatic carbocycles. The first kappa shape index (κ1) is 21.6. The van der Waals surface area contributed by atoms with Gasteiger partial charge in [-0.15, -0.1) is 0 Å². The van der Waals surface area contributed by atoms with E-state index in [9.17, 15) is 18.0 Å². The fraction of sp³-hybridized carbons (Fsp3) is 0.227. The molecule has 0 unspecified atom stereocenters. The number of alkyl halides is 3. The van der Waals surface area contributed by atoms with Gasteiger partial charge >= 0.3 is 6.18 Å². The number of nitrogens with zero attached hydrogens (tertiary/aromatic N) is 3. The summed E-state index contributed by atoms with van der Waals surface area (Å²) < 4.78 is 44.6. The van der Waals surface area contributed by atoms with E-state index in [2.05, 4.69) is 9.97 Å². The summed E-state index contributed by atoms with van der Waals surface area (Å²) in [5.74, 6) is 0.114. The van der Waals surface area contributed by atoms with Crippen LogP contribution in [-0.2, 0) is 12.7 Å². The molecule has 4 N–H and O–H groups in total. The number of primary amides is 1. The third kappa shape index (κ3) is 4.35. The first-order valence-electron chi connectivity index (χ1n) is 9.86. The van der Waals surface area contributed by atoms with Crippen LogP contribution in [-0.4, -0.2) is 29.0 Å². The highest BCUT2D eigenvalue weighted by Gasteiger charge is 2.30. The molecule has 0 saturated heterocycles. The molecule has 2 heterocycles. The fourth-order valence-corrected chi connectivity index (χ4v) is 3.47. The zero-order chi connectivity index (χ0) is 22.9. The third-order valence-electron chi connectivity index (χ3n) is 5.04. The molecule has 0 atom stereocenters. The van der Waals surface area contributed by atoms with E-state index in [1.54, 1.807) is 18.2 Å². The highest BCUT2D eigenvalue weighted by atomic mass is 19.4. The monoisotopic (exact) mass is 443 g/mol. The van der Waals surface area contributed by atoms with Crippen molar-refractivity contribution in [2.24, 2.45) is 11.5 Å². The van der Waals surface area contributed by atoms with Gasteiger partial charge in [0.05, 0.1) is 23.6 Å². The maximum Gasteiger partial charge on any atom is 0.416 e. The molecule has 0 fully saturated rings. The van der Waals surface area contributed by atoms with E-state index in [-0.39, 0.29) is 18.1 Å². The summed E-state index contributed by atoms with van der Waals surface area (Å²) >= 11 is 0. The minimum Gasteiger partial charge on any atom is -0.491 e. The average molecular weight is 443 g/mol. The van der Waals surface area contributed by atoms with Gasteiger partial charge in [-0.05, 0) is 55.0 Å². The minimum absolute atomic E-state index is 0.0534. The molecule has 0 bridgehead atoms. The highest BCUT2D eigenvalue weighted by molar-refractivity contribution is 5.91. The molecule has 0 aliphatic carbocycles. The third-order valence-corrected chi connectivity index (χ3v) is 5.04. The molecule has 166 valence electrons. The van der Waals surface area contributed by atoms with Crippen LogP contribution >= 0.6 is 0 Å². The second-order valence-electron chi connectivity index (χ2n) is 7.22. The van der Waals surface area contributed by atoms with Crippen molar-refractivity contribution in [2.45, 2.75) is 19.1 Å². The molecule has 4 rings (SSSR count). The summed E-state index contributed by atoms with van der Waals surface area (Å²) in [7, 11) is 0. The molecule has 0 radical (unpaired) electrons. The van der Waals surface area contributed by atoms with E-state index >= 15 is 0 Å². The number of carbonyl (C=O) groups is 1. The van der Waals surface area contributed by atoms with Gasteiger partial charge in [-0.2, -0.15) is 13.2 Å². The van der Waals surface area contributed by atoms with E-state index in [0.29, 0.717) is 48.0 Å². The topological polar surface area (TPSA) is 107 Å². The number of nitrogens with two attached hydrogens (primary N) is 2. The van der Waals surface area contributed by atoms with Gasteiger partial charge in [-0.3, -0.25) is 4.79 Å². The molecule has 7 nitrogen and oxygen atoms in total. The number of ether oxygens (including phenoxy) is 1. The normalized spacial score (nSPS) is 13.8. The fourth-order valence-electron chi connectivity index (χ4n) is 3.47. The summed E-state index contributed by atoms with van der Waals surface area (Å²) in [5, 5.41) is 0. The van der Waals surface area contributed by atoms with Crippen LogP contribution in [0.15, 0.2) is 48.5 Å². The first-order valence-corrected chi connectivity index (χ1v) is 9.86. The lowest BCUT2D eigenvalue weighted by Gasteiger charge is -2.24. The number of fused-ring (bicyclic) bond motifs is 1. The highest BCUT2D eigenvalue weighted by Crippen LogP contribution is 2.39. The Morgan fingerprint density at radius 3 is 2.50 bits per heavy atom. The number of anilines is 2. The Labute approximate surface area is 181 Å². The Kier molecular flexibility index (Phi) is 5.70. The molecule has 1 aromatic heterocycles. The summed E-state index contributed by atoms with van der Waals surface area (Å²) in [6.07, 6.45) is -3.72. The van der Waals surface area contributed by atoms with Gasteiger partial charge in [0.2, 0.25) is 0 Å². The van der Waals surface area contributed by atoms with Crippen LogP contribution in [0.4, 0.5) is 24.5 Å². The lowest BCUT2D eigenvalue weighted by molar-refractivity contribution is -0.137. The number of rotatable bonds is 4. The second kappa shape index (κ2) is 8.46. The van der Waals surface area contributed by atoms with Crippen LogP contribution in [0, 0.1) is 0 Å². The lowest BCUT2D eigenvalue weighted by Crippen LogP contribution is -2.18. The average Bonchev–Trinajstić information content (AvgIpc) is 3.00. The van der Waals surface area contributed by atoms with Crippen molar-refractivity contribution in [3.8, 4) is 17.1 Å². The standard InChI is InChI=1S/C22H20F3N5O2/c23-22(24,25)14-3-5-16(6-4-14)30-8-1-9-32-19-10-13(2-7-18(19)30)21-28-15(12-26)11-17(29-21)20(27)31/h2-7,10-11H,1,8-9,12,26H2,(H2,27,31). The van der Waals surface area contributed by atoms with Crippen molar-refractivity contribution in [3.05, 3.63) is 65.5 Å². The molecule has 1 amide bonds. The molecule has 0 spiro atoms. The Morgan fingerprint density at radius 2 is 1.84 bits per heavy atom. The van der Waals surface area contributed by atoms with Crippen LogP contribution < -0.4 is 21.1 Å². The van der Waals surface area contributed by atoms with Gasteiger partial charge in [0.15, 0.2) is 5.82 Å². The molecule has 1 aliphatic rings. The minimum atomic E-state index is -4.39. The van der Waals surface area contributed by atoms with E-state index in [1.807, 2.05) is 4.90 Å². The number of halogens is 3. The maximum atomic E-state index is 12.9. The van der Waals surface area contributed by atoms with Crippen molar-refractivity contribution < 1.29 is 22.7 Å². The van der Waals surface area contributed by atoms with Gasteiger partial charge in [-0.25, -0.2) is 9.97 Å². The number of benzene rings is 2. The van der Waals surface area contributed by atoms with Crippen LogP contribution in [0.2, 0.25) is 0 Å². The number of hydrogen-bond acceptors (Lipinski definition) is 6. The Morgan fingerprint density at radius 1 is 1.09 bits per heavy atom. The maximum absolute atomic E-state index is 12.9. The van der Waals surface area contributed by atoms with Crippen molar-refractivity contribution in [3.63, 3.8) is 0 Å². The molecule has 3 aromatic rings. The molecule has 32 heavy (non-hydrogen) atoms. The zero-order valence-electron chi connectivity index (χ0n) is 16.9. The Balaban J connectivity index is 1.73. The zero-order valence-corrected chi connectivity index (χ0v) is 16.9. The van der Waals surface area contributed by atoms with Crippen LogP contribution in [0.1, 0.15) is 28.2 Å². The number of amides is 1. The predicted molar refractivity (Wildman–Crippen MR) is 112 cm³/mol. The molecule has 0 saturated carbocycles. The van der Waals surface area contributed by atoms with Gasteiger partial charge < -0.3 is 21.1 Å². The van der Waals surface area contributed by atoms with Crippen molar-refractivity contribution >= 4 is 17.3 Å². The number of carbonyl (C=O) groups excluding carboxylic acids is 1. The molecule has 10 heteroatoms. The van der Waals surface area contributed by atoms with E-state index in [4.69, 9.17) is 16.2 Å². The SMILES string of the molecule is NCc1cc(C(N)=O)nc(-c2ccc3c(c2)OCCCN3c2ccc(C(F)(F)F)cc2)n1. The molecular weight excluding hydrogens is 423 g/mol. The van der Waals surface area contributed by atoms with Crippen molar-refractivity contribution in [1.29, 1.82) is 0 Å². The van der Waals surface area contributed by atoms with Gasteiger partial charge in [0.1, 0.15) is 11.4 Å². The Bertz CT molecular complexity index is 1150. The second-order valence-corrected chi connectivity index (χ2v) is 7.22. The largest absolute Gasteiger partial charge is 0.491 e. The number of hydrogen-bond donors (Lipinski definition) is 2. The van der Waals surface area contributed by atoms with E-state index in [1.165, 1.54) is 18.2 Å². The van der Waals surface area contributed by atoms with E-state index in [0.717, 1.165) is 12.1 Å². The van der Waals surface area contributed by atoms with E-state index < -0.39 is 17.6 Å². The summed E-state index contributed by atoms with van der Waals surface area (Å²) in [6.45, 7) is 1.12. The summed E-state index contributed by atoms with van der Waals surface area (Å²) in [6, 6.07) is 11.7. The van der Waals surface area contributed by atoms with Gasteiger partial charge in [-0.1, -0.05) is 0 Å². The van der Waals surface area contributed by atoms with Gasteiger partial charge in [0, 0.05) is 24.3 Å². The first-order chi connectivity index (χ1) is 15.3. The van der Waals surface area contributed by atoms with Crippen LogP contribution in [0.25, 0.3) is 11.4 Å². The van der Waals surface area contributed by atoms with Crippen molar-refractivity contribution in [1.82, 2.24) is 9.97 Å². The quantitative estimate of drug-likeness (QED) is 0.638.